The second kappa shape index (κ2) is 8.99. The minimum absolute atomic E-state index is 0.224. The smallest absolute Gasteiger partial charge is 0.313 e. The number of pyridine rings is 1. The van der Waals surface area contributed by atoms with Crippen LogP contribution in [0.1, 0.15) is 49.5 Å². The van der Waals surface area contributed by atoms with Crippen molar-refractivity contribution in [2.75, 3.05) is 37.7 Å². The Morgan fingerprint density at radius 1 is 1.35 bits per heavy atom. The highest BCUT2D eigenvalue weighted by Crippen LogP contribution is 2.46. The summed E-state index contributed by atoms with van der Waals surface area (Å²) in [5, 5.41) is 2.82. The standard InChI is InChI=1S/C22H29FIN3O4/c1-3-30-20(29)21(9-10-21)12-25-18(28)16-6-7-17(27-13-22(23,14-27)24-2)19(26-16)31-11-8-15-4-5-15/h6-7,15H,2-5,8-14H2,1H3,(H,25,28). The molecule has 31 heavy (non-hydrogen) atoms. The topological polar surface area (TPSA) is 80.8 Å². The second-order valence-electron chi connectivity index (χ2n) is 8.63. The van der Waals surface area contributed by atoms with Crippen LogP contribution in [0, 0.1) is 11.3 Å². The van der Waals surface area contributed by atoms with Gasteiger partial charge in [0.1, 0.15) is 11.4 Å². The van der Waals surface area contributed by atoms with Crippen LogP contribution in [0.4, 0.5) is 10.1 Å². The molecule has 2 saturated carbocycles. The molecule has 1 aromatic rings. The Bertz CT molecular complexity index is 866. The van der Waals surface area contributed by atoms with E-state index in [1.165, 1.54) is 12.8 Å². The molecule has 3 fully saturated rings. The maximum atomic E-state index is 14.4. The van der Waals surface area contributed by atoms with Gasteiger partial charge in [0.05, 0.1) is 31.7 Å². The molecule has 1 N–H and O–H groups in total. The number of anilines is 1. The lowest BCUT2D eigenvalue weighted by molar-refractivity contribution is -0.149. The molecule has 1 aliphatic heterocycles. The van der Waals surface area contributed by atoms with Gasteiger partial charge in [0, 0.05) is 6.54 Å². The van der Waals surface area contributed by atoms with Crippen molar-refractivity contribution in [2.45, 2.75) is 42.7 Å². The van der Waals surface area contributed by atoms with Crippen molar-refractivity contribution in [3.63, 3.8) is 0 Å². The summed E-state index contributed by atoms with van der Waals surface area (Å²) in [6.07, 6.45) is 4.85. The normalized spacial score (nSPS) is 20.5. The van der Waals surface area contributed by atoms with E-state index in [2.05, 4.69) is 14.8 Å². The minimum Gasteiger partial charge on any atom is -0.476 e. The molecule has 9 heteroatoms. The first kappa shape index (κ1) is 22.4. The third-order valence-electron chi connectivity index (χ3n) is 6.11. The Hall–Kier alpha value is -1.78. The number of hydrogen-bond donors (Lipinski definition) is 1. The number of hydrogen-bond acceptors (Lipinski definition) is 6. The first-order valence-corrected chi connectivity index (χ1v) is 13.4. The second-order valence-corrected chi connectivity index (χ2v) is 11.3. The summed E-state index contributed by atoms with van der Waals surface area (Å²) in [4.78, 5) is 31.1. The lowest BCUT2D eigenvalue weighted by Gasteiger charge is -2.43. The van der Waals surface area contributed by atoms with E-state index in [-0.39, 0.29) is 37.2 Å². The van der Waals surface area contributed by atoms with Gasteiger partial charge in [-0.15, -0.1) is 0 Å². The van der Waals surface area contributed by atoms with Gasteiger partial charge in [0.25, 0.3) is 5.91 Å². The van der Waals surface area contributed by atoms with Crippen LogP contribution in [0.15, 0.2) is 12.1 Å². The Morgan fingerprint density at radius 2 is 2.10 bits per heavy atom. The van der Waals surface area contributed by atoms with Crippen LogP contribution in [-0.4, -0.2) is 57.9 Å². The quantitative estimate of drug-likeness (QED) is 0.262. The molecule has 1 aromatic heterocycles. The third kappa shape index (κ3) is 5.18. The molecule has 1 amide bonds. The van der Waals surface area contributed by atoms with Crippen LogP contribution in [0.5, 0.6) is 5.88 Å². The molecular weight excluding hydrogens is 516 g/mol. The van der Waals surface area contributed by atoms with E-state index in [4.69, 9.17) is 9.47 Å². The van der Waals surface area contributed by atoms with Gasteiger partial charge in [-0.1, -0.05) is 38.1 Å². The Balaban J connectivity index is 1.42. The molecule has 0 unspecified atom stereocenters. The molecular formula is C22H29FIN3O4. The number of carbonyl (C=O) groups is 2. The highest BCUT2D eigenvalue weighted by molar-refractivity contribution is 14.2. The number of nitrogens with zero attached hydrogens (tertiary/aromatic N) is 2. The maximum absolute atomic E-state index is 14.4. The summed E-state index contributed by atoms with van der Waals surface area (Å²) < 4.78 is 28.1. The number of rotatable bonds is 11. The molecule has 2 aliphatic carbocycles. The van der Waals surface area contributed by atoms with Gasteiger partial charge in [-0.3, -0.25) is 9.59 Å². The van der Waals surface area contributed by atoms with Crippen molar-refractivity contribution >= 4 is 42.8 Å². The highest BCUT2D eigenvalue weighted by Gasteiger charge is 2.51. The fourth-order valence-electron chi connectivity index (χ4n) is 3.63. The Labute approximate surface area is 191 Å². The molecule has 1 saturated heterocycles. The van der Waals surface area contributed by atoms with Gasteiger partial charge in [-0.05, 0) is 44.2 Å². The highest BCUT2D eigenvalue weighted by atomic mass is 127. The number of nitrogens with one attached hydrogen (secondary N) is 1. The van der Waals surface area contributed by atoms with Crippen LogP contribution in [0.25, 0.3) is 0 Å². The summed E-state index contributed by atoms with van der Waals surface area (Å²) in [5.74, 6) is 0.458. The monoisotopic (exact) mass is 545 g/mol. The van der Waals surface area contributed by atoms with E-state index < -0.39 is 29.8 Å². The molecule has 0 aromatic carbocycles. The Morgan fingerprint density at radius 3 is 2.71 bits per heavy atom. The maximum Gasteiger partial charge on any atom is 0.313 e. The molecule has 170 valence electrons. The van der Waals surface area contributed by atoms with E-state index in [1.807, 2.05) is 4.90 Å². The van der Waals surface area contributed by atoms with Gasteiger partial charge < -0.3 is 19.7 Å². The minimum atomic E-state index is -1.17. The molecule has 0 bridgehead atoms. The molecule has 4 rings (SSSR count). The number of alkyl halides is 2. The summed E-state index contributed by atoms with van der Waals surface area (Å²) in [6.45, 7) is 3.43. The molecule has 2 heterocycles. The zero-order valence-electron chi connectivity index (χ0n) is 17.8. The number of aromatic nitrogens is 1. The van der Waals surface area contributed by atoms with Crippen LogP contribution in [0.3, 0.4) is 0 Å². The first-order chi connectivity index (χ1) is 14.9. The molecule has 3 aliphatic rings. The first-order valence-electron chi connectivity index (χ1n) is 10.8. The largest absolute Gasteiger partial charge is 0.476 e. The molecule has 7 nitrogen and oxygen atoms in total. The zero-order valence-corrected chi connectivity index (χ0v) is 20.0. The van der Waals surface area contributed by atoms with Gasteiger partial charge in [0.2, 0.25) is 5.88 Å². The van der Waals surface area contributed by atoms with Gasteiger partial charge >= 0.3 is 5.97 Å². The van der Waals surface area contributed by atoms with Crippen LogP contribution < -0.4 is 15.0 Å². The van der Waals surface area contributed by atoms with E-state index >= 15 is 0 Å². The average Bonchev–Trinajstić information content (AvgIpc) is 3.66. The van der Waals surface area contributed by atoms with E-state index in [9.17, 15) is 14.0 Å². The van der Waals surface area contributed by atoms with E-state index in [1.54, 1.807) is 19.1 Å². The summed E-state index contributed by atoms with van der Waals surface area (Å²) in [5.41, 5.74) is 0.332. The van der Waals surface area contributed by atoms with E-state index in [0.717, 1.165) is 6.42 Å². The number of carbonyl (C=O) groups excluding carboxylic acids is 2. The fraction of sp³-hybridized carbons (Fsp3) is 0.636. The fourth-order valence-corrected chi connectivity index (χ4v) is 4.94. The van der Waals surface area contributed by atoms with Crippen LogP contribution >= 0.6 is 20.7 Å². The molecule has 0 atom stereocenters. The van der Waals surface area contributed by atoms with Crippen molar-refractivity contribution in [1.82, 2.24) is 10.3 Å². The lowest BCUT2D eigenvalue weighted by atomic mass is 10.1. The predicted octanol–water partition coefficient (Wildman–Crippen LogP) is 3.22. The van der Waals surface area contributed by atoms with Gasteiger partial charge in [0.15, 0.2) is 3.68 Å². The SMILES string of the molecule is C=IC1(F)CN(c2ccc(C(=O)NCC3(C(=O)OCC)CC3)nc2OCCC2CC2)C1. The summed E-state index contributed by atoms with van der Waals surface area (Å²) in [7, 11) is 0. The van der Waals surface area contributed by atoms with Gasteiger partial charge in [-0.2, -0.15) is 0 Å². The predicted molar refractivity (Wildman–Crippen MR) is 125 cm³/mol. The van der Waals surface area contributed by atoms with Crippen molar-refractivity contribution < 1.29 is 23.5 Å². The van der Waals surface area contributed by atoms with Crippen LogP contribution in [0.2, 0.25) is 0 Å². The summed E-state index contributed by atoms with van der Waals surface area (Å²) in [6, 6.07) is 3.40. The van der Waals surface area contributed by atoms with E-state index in [0.29, 0.717) is 43.5 Å². The molecule has 0 spiro atoms. The lowest BCUT2D eigenvalue weighted by Crippen LogP contribution is -2.55. The number of halogens is 2. The van der Waals surface area contributed by atoms with Crippen molar-refractivity contribution in [1.29, 1.82) is 0 Å². The summed E-state index contributed by atoms with van der Waals surface area (Å²) >= 11 is -0.751. The number of esters is 1. The van der Waals surface area contributed by atoms with Crippen molar-refractivity contribution in [3.05, 3.63) is 17.8 Å². The van der Waals surface area contributed by atoms with Crippen LogP contribution in [-0.2, 0) is 9.53 Å². The molecule has 0 radical (unpaired) electrons. The number of amides is 1. The third-order valence-corrected chi connectivity index (χ3v) is 8.16. The van der Waals surface area contributed by atoms with Gasteiger partial charge in [-0.25, -0.2) is 9.37 Å². The van der Waals surface area contributed by atoms with Crippen molar-refractivity contribution in [3.8, 4) is 5.88 Å². The zero-order chi connectivity index (χ0) is 22.1. The average molecular weight is 545 g/mol. The Kier molecular flexibility index (Phi) is 6.50. The van der Waals surface area contributed by atoms with Crippen molar-refractivity contribution in [2.24, 2.45) is 11.3 Å². The number of ether oxygens (including phenoxy) is 2.